The van der Waals surface area contributed by atoms with Gasteiger partial charge >= 0.3 is 6.03 Å². The van der Waals surface area contributed by atoms with Crippen LogP contribution in [0.3, 0.4) is 0 Å². The molecular formula is C20H33N3O4. The second-order valence-corrected chi connectivity index (χ2v) is 6.58. The number of urea groups is 1. The number of hydrogen-bond donors (Lipinski definition) is 3. The standard InChI is InChI=1S/C18H29N3O2.C2H4O2/c1-2-12-23-17-8-5-6-15(13-17)9-10-20-18(22)21-11-4-3-7-16(21)14-19;1-2(3)4/h5-6,8,13,16H,2-4,7,9-12,14,19H2,1H3,(H,20,22);1H3,(H,3,4). The van der Waals surface area contributed by atoms with Crippen LogP contribution in [-0.4, -0.2) is 54.3 Å². The summed E-state index contributed by atoms with van der Waals surface area (Å²) in [5.74, 6) is 0.0647. The Bertz CT molecular complexity index is 576. The molecule has 1 aromatic carbocycles. The van der Waals surface area contributed by atoms with Crippen molar-refractivity contribution in [3.8, 4) is 5.75 Å². The zero-order chi connectivity index (χ0) is 20.1. The van der Waals surface area contributed by atoms with Crippen LogP contribution in [0.15, 0.2) is 24.3 Å². The zero-order valence-corrected chi connectivity index (χ0v) is 16.4. The number of rotatable bonds is 7. The predicted octanol–water partition coefficient (Wildman–Crippen LogP) is 2.63. The number of benzene rings is 1. The molecule has 1 fully saturated rings. The summed E-state index contributed by atoms with van der Waals surface area (Å²) < 4.78 is 5.64. The van der Waals surface area contributed by atoms with Gasteiger partial charge in [-0.05, 0) is 49.8 Å². The highest BCUT2D eigenvalue weighted by atomic mass is 16.5. The second-order valence-electron chi connectivity index (χ2n) is 6.58. The Kier molecular flexibility index (Phi) is 10.9. The van der Waals surface area contributed by atoms with Gasteiger partial charge in [-0.1, -0.05) is 19.1 Å². The number of carboxylic acids is 1. The van der Waals surface area contributed by atoms with Gasteiger partial charge in [-0.15, -0.1) is 0 Å². The first-order chi connectivity index (χ1) is 13.0. The van der Waals surface area contributed by atoms with Gasteiger partial charge in [0.25, 0.3) is 5.97 Å². The van der Waals surface area contributed by atoms with Crippen LogP contribution in [0.2, 0.25) is 0 Å². The maximum absolute atomic E-state index is 12.3. The van der Waals surface area contributed by atoms with Crippen molar-refractivity contribution in [2.75, 3.05) is 26.2 Å². The first-order valence-electron chi connectivity index (χ1n) is 9.63. The number of nitrogens with one attached hydrogen (secondary N) is 1. The number of likely N-dealkylation sites (tertiary alicyclic amines) is 1. The molecule has 7 nitrogen and oxygen atoms in total. The maximum atomic E-state index is 12.3. The zero-order valence-electron chi connectivity index (χ0n) is 16.4. The molecule has 0 spiro atoms. The number of hydrogen-bond acceptors (Lipinski definition) is 4. The van der Waals surface area contributed by atoms with Crippen molar-refractivity contribution in [1.29, 1.82) is 0 Å². The third-order valence-electron chi connectivity index (χ3n) is 4.22. The Balaban J connectivity index is 0.000000828. The van der Waals surface area contributed by atoms with Crippen molar-refractivity contribution < 1.29 is 19.4 Å². The molecule has 2 rings (SSSR count). The van der Waals surface area contributed by atoms with Crippen molar-refractivity contribution in [2.24, 2.45) is 5.73 Å². The average molecular weight is 380 g/mol. The molecule has 0 saturated carbocycles. The fourth-order valence-electron chi connectivity index (χ4n) is 2.94. The molecule has 0 bridgehead atoms. The lowest BCUT2D eigenvalue weighted by Crippen LogP contribution is -2.51. The third-order valence-corrected chi connectivity index (χ3v) is 4.22. The molecular weight excluding hydrogens is 346 g/mol. The van der Waals surface area contributed by atoms with Gasteiger partial charge in [0.1, 0.15) is 5.75 Å². The van der Waals surface area contributed by atoms with Crippen LogP contribution in [0.1, 0.15) is 45.1 Å². The highest BCUT2D eigenvalue weighted by Gasteiger charge is 2.25. The van der Waals surface area contributed by atoms with E-state index in [1.165, 1.54) is 5.56 Å². The molecule has 1 heterocycles. The van der Waals surface area contributed by atoms with E-state index in [9.17, 15) is 4.79 Å². The summed E-state index contributed by atoms with van der Waals surface area (Å²) in [5, 5.41) is 10.4. The topological polar surface area (TPSA) is 105 Å². The molecule has 27 heavy (non-hydrogen) atoms. The summed E-state index contributed by atoms with van der Waals surface area (Å²) in [6.07, 6.45) is 5.05. The van der Waals surface area contributed by atoms with E-state index < -0.39 is 5.97 Å². The first kappa shape index (κ1) is 22.8. The van der Waals surface area contributed by atoms with E-state index in [4.69, 9.17) is 20.4 Å². The molecule has 0 radical (unpaired) electrons. The predicted molar refractivity (Wildman–Crippen MR) is 106 cm³/mol. The van der Waals surface area contributed by atoms with Gasteiger partial charge in [-0.25, -0.2) is 4.79 Å². The molecule has 1 saturated heterocycles. The monoisotopic (exact) mass is 379 g/mol. The number of carboxylic acid groups (broad SMARTS) is 1. The van der Waals surface area contributed by atoms with Crippen LogP contribution in [0.25, 0.3) is 0 Å². The van der Waals surface area contributed by atoms with Crippen molar-refractivity contribution in [1.82, 2.24) is 10.2 Å². The SMILES string of the molecule is CC(=O)O.CCCOc1cccc(CCNC(=O)N2CCCCC2CN)c1. The van der Waals surface area contributed by atoms with Crippen molar-refractivity contribution in [3.63, 3.8) is 0 Å². The molecule has 1 atom stereocenters. The van der Waals surface area contributed by atoms with E-state index in [0.717, 1.165) is 57.9 Å². The molecule has 2 amide bonds. The number of nitrogens with two attached hydrogens (primary N) is 1. The van der Waals surface area contributed by atoms with Gasteiger partial charge in [0.15, 0.2) is 0 Å². The fraction of sp³-hybridized carbons (Fsp3) is 0.600. The minimum atomic E-state index is -0.833. The number of amides is 2. The lowest BCUT2D eigenvalue weighted by atomic mass is 10.0. The van der Waals surface area contributed by atoms with Crippen molar-refractivity contribution >= 4 is 12.0 Å². The van der Waals surface area contributed by atoms with Crippen LogP contribution >= 0.6 is 0 Å². The number of nitrogens with zero attached hydrogens (tertiary/aromatic N) is 1. The normalized spacial score (nSPS) is 16.1. The molecule has 7 heteroatoms. The Morgan fingerprint density at radius 1 is 1.37 bits per heavy atom. The van der Waals surface area contributed by atoms with Gasteiger partial charge in [0.2, 0.25) is 0 Å². The van der Waals surface area contributed by atoms with Gasteiger partial charge < -0.3 is 25.8 Å². The van der Waals surface area contributed by atoms with Crippen LogP contribution < -0.4 is 15.8 Å². The van der Waals surface area contributed by atoms with Crippen LogP contribution in [0, 0.1) is 0 Å². The molecule has 0 aromatic heterocycles. The van der Waals surface area contributed by atoms with Gasteiger partial charge in [-0.3, -0.25) is 4.79 Å². The van der Waals surface area contributed by atoms with Crippen LogP contribution in [0.5, 0.6) is 5.75 Å². The second kappa shape index (κ2) is 13.0. The fourth-order valence-corrected chi connectivity index (χ4v) is 2.94. The van der Waals surface area contributed by atoms with Crippen molar-refractivity contribution in [2.45, 2.75) is 52.0 Å². The Hall–Kier alpha value is -2.28. The van der Waals surface area contributed by atoms with E-state index in [2.05, 4.69) is 18.3 Å². The molecule has 1 aliphatic rings. The van der Waals surface area contributed by atoms with E-state index >= 15 is 0 Å². The van der Waals surface area contributed by atoms with Crippen molar-refractivity contribution in [3.05, 3.63) is 29.8 Å². The number of piperidine rings is 1. The van der Waals surface area contributed by atoms with Crippen LogP contribution in [0.4, 0.5) is 4.79 Å². The lowest BCUT2D eigenvalue weighted by molar-refractivity contribution is -0.134. The summed E-state index contributed by atoms with van der Waals surface area (Å²) in [5.41, 5.74) is 6.95. The highest BCUT2D eigenvalue weighted by molar-refractivity contribution is 5.74. The van der Waals surface area contributed by atoms with Gasteiger partial charge in [0, 0.05) is 32.6 Å². The number of carbonyl (C=O) groups is 2. The smallest absolute Gasteiger partial charge is 0.317 e. The third kappa shape index (κ3) is 9.28. The minimum Gasteiger partial charge on any atom is -0.494 e. The van der Waals surface area contributed by atoms with E-state index in [0.29, 0.717) is 13.1 Å². The minimum absolute atomic E-state index is 0.0125. The first-order valence-corrected chi connectivity index (χ1v) is 9.63. The van der Waals surface area contributed by atoms with E-state index in [1.807, 2.05) is 23.1 Å². The highest BCUT2D eigenvalue weighted by Crippen LogP contribution is 2.16. The largest absolute Gasteiger partial charge is 0.494 e. The van der Waals surface area contributed by atoms with E-state index in [1.54, 1.807) is 0 Å². The molecule has 0 aliphatic carbocycles. The van der Waals surface area contributed by atoms with Crippen LogP contribution in [-0.2, 0) is 11.2 Å². The molecule has 1 unspecified atom stereocenters. The number of carbonyl (C=O) groups excluding carboxylic acids is 1. The summed E-state index contributed by atoms with van der Waals surface area (Å²) in [6, 6.07) is 8.28. The quantitative estimate of drug-likeness (QED) is 0.675. The van der Waals surface area contributed by atoms with Gasteiger partial charge in [-0.2, -0.15) is 0 Å². The Morgan fingerprint density at radius 2 is 2.11 bits per heavy atom. The molecule has 1 aromatic rings. The number of ether oxygens (including phenoxy) is 1. The summed E-state index contributed by atoms with van der Waals surface area (Å²) in [4.78, 5) is 23.2. The van der Waals surface area contributed by atoms with E-state index in [-0.39, 0.29) is 12.1 Å². The lowest BCUT2D eigenvalue weighted by Gasteiger charge is -2.35. The Labute approximate surface area is 161 Å². The summed E-state index contributed by atoms with van der Waals surface area (Å²) in [6.45, 7) is 5.90. The Morgan fingerprint density at radius 3 is 2.78 bits per heavy atom. The molecule has 152 valence electrons. The molecule has 1 aliphatic heterocycles. The summed E-state index contributed by atoms with van der Waals surface area (Å²) >= 11 is 0. The number of aliphatic carboxylic acids is 1. The maximum Gasteiger partial charge on any atom is 0.317 e. The summed E-state index contributed by atoms with van der Waals surface area (Å²) in [7, 11) is 0. The van der Waals surface area contributed by atoms with Gasteiger partial charge in [0.05, 0.1) is 6.61 Å². The average Bonchev–Trinajstić information content (AvgIpc) is 2.66. The molecule has 4 N–H and O–H groups in total.